The number of nitrogens with zero attached hydrogens (tertiary/aromatic N) is 2. The summed E-state index contributed by atoms with van der Waals surface area (Å²) in [4.78, 5) is 16.7. The van der Waals surface area contributed by atoms with Crippen LogP contribution in [0.25, 0.3) is 0 Å². The molecule has 1 aromatic rings. The Hall–Kier alpha value is -1.75. The van der Waals surface area contributed by atoms with Gasteiger partial charge in [-0.25, -0.2) is 0 Å². The van der Waals surface area contributed by atoms with Crippen LogP contribution in [-0.2, 0) is 11.3 Å². The fourth-order valence-electron chi connectivity index (χ4n) is 3.34. The van der Waals surface area contributed by atoms with Crippen molar-refractivity contribution in [3.63, 3.8) is 0 Å². The number of hydrogen-bond donors (Lipinski definition) is 1. The van der Waals surface area contributed by atoms with E-state index < -0.39 is 5.60 Å². The first kappa shape index (κ1) is 17.1. The monoisotopic (exact) mass is 332 g/mol. The van der Waals surface area contributed by atoms with Crippen molar-refractivity contribution in [1.82, 2.24) is 4.90 Å². The number of amides is 1. The third-order valence-electron chi connectivity index (χ3n) is 4.69. The molecule has 0 radical (unpaired) electrons. The van der Waals surface area contributed by atoms with Gasteiger partial charge < -0.3 is 19.6 Å². The highest BCUT2D eigenvalue weighted by Crippen LogP contribution is 2.34. The number of anilines is 1. The molecule has 1 N–H and O–H groups in total. The molecule has 1 aliphatic carbocycles. The molecular formula is C19H28N2O3. The maximum Gasteiger partial charge on any atom is 0.224 e. The smallest absolute Gasteiger partial charge is 0.224 e. The summed E-state index contributed by atoms with van der Waals surface area (Å²) in [6.45, 7) is 6.21. The van der Waals surface area contributed by atoms with Gasteiger partial charge in [-0.3, -0.25) is 4.79 Å². The molecule has 2 aliphatic rings. The summed E-state index contributed by atoms with van der Waals surface area (Å²) < 4.78 is 5.37. The summed E-state index contributed by atoms with van der Waals surface area (Å²) in [6.07, 6.45) is 2.97. The molecule has 0 spiro atoms. The first-order valence-corrected chi connectivity index (χ1v) is 8.78. The van der Waals surface area contributed by atoms with Gasteiger partial charge in [0.2, 0.25) is 5.91 Å². The lowest BCUT2D eigenvalue weighted by atomic mass is 10.0. The molecule has 1 heterocycles. The van der Waals surface area contributed by atoms with Crippen molar-refractivity contribution >= 4 is 11.6 Å². The van der Waals surface area contributed by atoms with E-state index in [1.165, 1.54) is 12.8 Å². The Labute approximate surface area is 144 Å². The van der Waals surface area contributed by atoms with Gasteiger partial charge in [0, 0.05) is 38.3 Å². The fraction of sp³-hybridized carbons (Fsp3) is 0.632. The standard InChI is InChI=1S/C19H28N2O3/c1-19(2,23)13-20-9-8-18(22)21(11-14-4-5-14)12-15-10-16(24-3)6-7-17(15)20/h6-7,10,14,23H,4-5,8-9,11-13H2,1-3H3. The lowest BCUT2D eigenvalue weighted by molar-refractivity contribution is -0.132. The summed E-state index contributed by atoms with van der Waals surface area (Å²) in [5.74, 6) is 1.68. The molecule has 0 saturated heterocycles. The van der Waals surface area contributed by atoms with Gasteiger partial charge in [0.15, 0.2) is 0 Å². The lowest BCUT2D eigenvalue weighted by Crippen LogP contribution is -2.44. The Morgan fingerprint density at radius 1 is 1.29 bits per heavy atom. The number of benzene rings is 1. The van der Waals surface area contributed by atoms with Crippen LogP contribution in [0.2, 0.25) is 0 Å². The highest BCUT2D eigenvalue weighted by atomic mass is 16.5. The van der Waals surface area contributed by atoms with E-state index in [0.717, 1.165) is 23.5 Å². The average Bonchev–Trinajstić information content (AvgIpc) is 3.32. The zero-order chi connectivity index (χ0) is 17.3. The average molecular weight is 332 g/mol. The second kappa shape index (κ2) is 6.63. The van der Waals surface area contributed by atoms with Crippen molar-refractivity contribution in [2.45, 2.75) is 45.3 Å². The van der Waals surface area contributed by atoms with Crippen molar-refractivity contribution in [1.29, 1.82) is 0 Å². The molecule has 5 heteroatoms. The number of ether oxygens (including phenoxy) is 1. The number of β-amino-alcohol motifs (C(OH)–C–C–N with tert-alkyl or cyclic N) is 1. The molecule has 0 unspecified atom stereocenters. The fourth-order valence-corrected chi connectivity index (χ4v) is 3.34. The molecule has 1 aromatic carbocycles. The predicted octanol–water partition coefficient (Wildman–Crippen LogP) is 2.41. The minimum absolute atomic E-state index is 0.205. The van der Waals surface area contributed by atoms with Crippen LogP contribution in [0.3, 0.4) is 0 Å². The molecule has 24 heavy (non-hydrogen) atoms. The van der Waals surface area contributed by atoms with Crippen molar-refractivity contribution in [3.8, 4) is 5.75 Å². The van der Waals surface area contributed by atoms with Gasteiger partial charge in [-0.1, -0.05) is 0 Å². The summed E-state index contributed by atoms with van der Waals surface area (Å²) in [5.41, 5.74) is 1.37. The molecule has 1 fully saturated rings. The van der Waals surface area contributed by atoms with Crippen LogP contribution in [-0.4, -0.2) is 48.3 Å². The summed E-state index contributed by atoms with van der Waals surface area (Å²) in [5, 5.41) is 10.2. The quantitative estimate of drug-likeness (QED) is 0.900. The van der Waals surface area contributed by atoms with E-state index in [-0.39, 0.29) is 5.91 Å². The Balaban J connectivity index is 1.92. The molecule has 0 atom stereocenters. The van der Waals surface area contributed by atoms with Crippen molar-refractivity contribution in [3.05, 3.63) is 23.8 Å². The third-order valence-corrected chi connectivity index (χ3v) is 4.69. The van der Waals surface area contributed by atoms with Crippen LogP contribution in [0.15, 0.2) is 18.2 Å². The second-order valence-electron chi connectivity index (χ2n) is 7.70. The number of carbonyl (C=O) groups is 1. The van der Waals surface area contributed by atoms with E-state index in [9.17, 15) is 9.90 Å². The zero-order valence-corrected chi connectivity index (χ0v) is 14.9. The second-order valence-corrected chi connectivity index (χ2v) is 7.70. The van der Waals surface area contributed by atoms with Gasteiger partial charge >= 0.3 is 0 Å². The van der Waals surface area contributed by atoms with Crippen LogP contribution in [0.4, 0.5) is 5.69 Å². The third kappa shape index (κ3) is 4.20. The van der Waals surface area contributed by atoms with Crippen LogP contribution in [0, 0.1) is 5.92 Å². The van der Waals surface area contributed by atoms with Gasteiger partial charge in [-0.05, 0) is 56.4 Å². The number of aliphatic hydroxyl groups is 1. The molecule has 0 bridgehead atoms. The van der Waals surface area contributed by atoms with Crippen LogP contribution < -0.4 is 9.64 Å². The number of rotatable bonds is 5. The van der Waals surface area contributed by atoms with Crippen LogP contribution >= 0.6 is 0 Å². The van der Waals surface area contributed by atoms with Gasteiger partial charge in [-0.15, -0.1) is 0 Å². The van der Waals surface area contributed by atoms with E-state index in [1.807, 2.05) is 23.1 Å². The van der Waals surface area contributed by atoms with Crippen molar-refractivity contribution < 1.29 is 14.6 Å². The molecule has 5 nitrogen and oxygen atoms in total. The van der Waals surface area contributed by atoms with Gasteiger partial charge in [0.25, 0.3) is 0 Å². The SMILES string of the molecule is COc1ccc2c(c1)CN(CC1CC1)C(=O)CCN2CC(C)(C)O. The van der Waals surface area contributed by atoms with Crippen molar-refractivity contribution in [2.24, 2.45) is 5.92 Å². The Morgan fingerprint density at radius 2 is 2.04 bits per heavy atom. The molecule has 1 saturated carbocycles. The largest absolute Gasteiger partial charge is 0.497 e. The van der Waals surface area contributed by atoms with E-state index in [1.54, 1.807) is 21.0 Å². The maximum atomic E-state index is 12.6. The first-order chi connectivity index (χ1) is 11.4. The summed E-state index contributed by atoms with van der Waals surface area (Å²) >= 11 is 0. The van der Waals surface area contributed by atoms with Gasteiger partial charge in [0.1, 0.15) is 5.75 Å². The number of hydrogen-bond acceptors (Lipinski definition) is 4. The van der Waals surface area contributed by atoms with E-state index in [4.69, 9.17) is 4.74 Å². The number of carbonyl (C=O) groups excluding carboxylic acids is 1. The minimum Gasteiger partial charge on any atom is -0.497 e. The predicted molar refractivity (Wildman–Crippen MR) is 94.3 cm³/mol. The molecule has 132 valence electrons. The van der Waals surface area contributed by atoms with Crippen LogP contribution in [0.5, 0.6) is 5.75 Å². The number of fused-ring (bicyclic) bond motifs is 1. The van der Waals surface area contributed by atoms with Crippen LogP contribution in [0.1, 0.15) is 38.7 Å². The normalized spacial score (nSPS) is 18.9. The topological polar surface area (TPSA) is 53.0 Å². The summed E-state index contributed by atoms with van der Waals surface area (Å²) in [6, 6.07) is 6.01. The van der Waals surface area contributed by atoms with E-state index in [0.29, 0.717) is 32.0 Å². The van der Waals surface area contributed by atoms with E-state index >= 15 is 0 Å². The summed E-state index contributed by atoms with van der Waals surface area (Å²) in [7, 11) is 1.66. The molecule has 1 aliphatic heterocycles. The van der Waals surface area contributed by atoms with Gasteiger partial charge in [0.05, 0.1) is 12.7 Å². The molecule has 1 amide bonds. The molecule has 3 rings (SSSR count). The maximum absolute atomic E-state index is 12.6. The zero-order valence-electron chi connectivity index (χ0n) is 14.9. The minimum atomic E-state index is -0.812. The molecular weight excluding hydrogens is 304 g/mol. The molecule has 0 aromatic heterocycles. The van der Waals surface area contributed by atoms with Crippen molar-refractivity contribution in [2.75, 3.05) is 31.6 Å². The Morgan fingerprint density at radius 3 is 2.67 bits per heavy atom. The van der Waals surface area contributed by atoms with E-state index in [2.05, 4.69) is 4.90 Å². The van der Waals surface area contributed by atoms with Gasteiger partial charge in [-0.2, -0.15) is 0 Å². The number of methoxy groups -OCH3 is 1. The Bertz CT molecular complexity index is 605. The Kier molecular flexibility index (Phi) is 4.72. The first-order valence-electron chi connectivity index (χ1n) is 8.78. The highest BCUT2D eigenvalue weighted by Gasteiger charge is 2.30. The highest BCUT2D eigenvalue weighted by molar-refractivity contribution is 5.78. The lowest BCUT2D eigenvalue weighted by Gasteiger charge is -2.36.